The molecule has 10 nitrogen and oxygen atoms in total. The molecular formula is C29H36FN7O3. The fourth-order valence-electron chi connectivity index (χ4n) is 4.68. The van der Waals surface area contributed by atoms with Crippen molar-refractivity contribution in [3.63, 3.8) is 0 Å². The number of likely N-dealkylation sites (N-methyl/N-ethyl adjacent to an activating group) is 2. The second kappa shape index (κ2) is 12.2. The van der Waals surface area contributed by atoms with Gasteiger partial charge in [-0.25, -0.2) is 9.37 Å². The third-order valence-electron chi connectivity index (χ3n) is 6.53. The number of benzene rings is 2. The molecule has 212 valence electrons. The number of methoxy groups -OCH3 is 2. The van der Waals surface area contributed by atoms with Crippen molar-refractivity contribution in [2.75, 3.05) is 63.5 Å². The maximum atomic E-state index is 15.7. The van der Waals surface area contributed by atoms with Crippen LogP contribution in [0.1, 0.15) is 13.8 Å². The van der Waals surface area contributed by atoms with Crippen LogP contribution in [0, 0.1) is 5.82 Å². The molecule has 0 aliphatic rings. The van der Waals surface area contributed by atoms with Gasteiger partial charge in [-0.15, -0.1) is 0 Å². The van der Waals surface area contributed by atoms with Gasteiger partial charge in [0.25, 0.3) is 5.88 Å². The number of hydrogen-bond donors (Lipinski definition) is 2. The SMILES string of the molecule is CCN(CCN(C)C)c1c(F)cc(Nc2nc(OC)c(OC)c(-c3cn(C)c4ccccc34)n2)cc1NC(C)=O. The first-order valence-corrected chi connectivity index (χ1v) is 13.0. The minimum atomic E-state index is -0.482. The van der Waals surface area contributed by atoms with Crippen LogP contribution < -0.4 is 25.0 Å². The Bertz CT molecular complexity index is 1520. The molecule has 0 fully saturated rings. The van der Waals surface area contributed by atoms with E-state index in [1.807, 2.05) is 72.9 Å². The molecule has 2 aromatic heterocycles. The van der Waals surface area contributed by atoms with E-state index in [-0.39, 0.29) is 17.7 Å². The second-order valence-corrected chi connectivity index (χ2v) is 9.65. The molecule has 0 spiro atoms. The van der Waals surface area contributed by atoms with Crippen LogP contribution in [-0.2, 0) is 11.8 Å². The number of anilines is 4. The topological polar surface area (TPSA) is 96.8 Å². The average molecular weight is 550 g/mol. The van der Waals surface area contributed by atoms with Gasteiger partial charge in [-0.3, -0.25) is 4.79 Å². The van der Waals surface area contributed by atoms with Crippen LogP contribution in [0.15, 0.2) is 42.6 Å². The van der Waals surface area contributed by atoms with Crippen molar-refractivity contribution >= 4 is 39.8 Å². The number of aryl methyl sites for hydroxylation is 1. The zero-order chi connectivity index (χ0) is 29.0. The zero-order valence-electron chi connectivity index (χ0n) is 24.0. The average Bonchev–Trinajstić information content (AvgIpc) is 3.25. The molecule has 4 aromatic rings. The minimum absolute atomic E-state index is 0.182. The number of para-hydroxylation sites is 1. The van der Waals surface area contributed by atoms with Crippen LogP contribution in [0.5, 0.6) is 11.6 Å². The standard InChI is InChI=1S/C29H36FN7O3/c1-8-37(14-13-35(3)4)26-22(30)15-19(16-23(26)31-18(2)38)32-29-33-25(27(39-6)28(34-29)40-7)21-17-36(5)24-12-10-9-11-20(21)24/h9-12,15-17H,8,13-14H2,1-7H3,(H,31,38)(H,32,33,34). The Labute approximate surface area is 233 Å². The van der Waals surface area contributed by atoms with Gasteiger partial charge in [-0.05, 0) is 39.2 Å². The molecule has 2 heterocycles. The molecular weight excluding hydrogens is 513 g/mol. The van der Waals surface area contributed by atoms with Crippen molar-refractivity contribution in [3.05, 3.63) is 48.4 Å². The predicted octanol–water partition coefficient (Wildman–Crippen LogP) is 4.88. The Morgan fingerprint density at radius 3 is 2.50 bits per heavy atom. The predicted molar refractivity (Wildman–Crippen MR) is 157 cm³/mol. The Morgan fingerprint density at radius 1 is 1.10 bits per heavy atom. The first-order chi connectivity index (χ1) is 19.2. The van der Waals surface area contributed by atoms with Crippen LogP contribution in [0.4, 0.5) is 27.4 Å². The van der Waals surface area contributed by atoms with Crippen molar-refractivity contribution in [1.29, 1.82) is 0 Å². The van der Waals surface area contributed by atoms with Gasteiger partial charge in [0.05, 0.1) is 25.6 Å². The van der Waals surface area contributed by atoms with Crippen LogP contribution in [0.25, 0.3) is 22.2 Å². The number of nitrogens with zero attached hydrogens (tertiary/aromatic N) is 5. The number of rotatable bonds is 11. The summed E-state index contributed by atoms with van der Waals surface area (Å²) in [5.41, 5.74) is 3.43. The Balaban J connectivity index is 1.80. The molecule has 0 saturated carbocycles. The number of fused-ring (bicyclic) bond motifs is 1. The molecule has 0 bridgehead atoms. The summed E-state index contributed by atoms with van der Waals surface area (Å²) in [6, 6.07) is 11.0. The molecule has 0 atom stereocenters. The molecule has 1 amide bonds. The zero-order valence-corrected chi connectivity index (χ0v) is 24.0. The summed E-state index contributed by atoms with van der Waals surface area (Å²) in [6.07, 6.45) is 1.97. The van der Waals surface area contributed by atoms with Gasteiger partial charge in [0.15, 0.2) is 5.82 Å². The van der Waals surface area contributed by atoms with Crippen LogP contribution in [0.2, 0.25) is 0 Å². The van der Waals surface area contributed by atoms with Crippen molar-refractivity contribution in [3.8, 4) is 22.9 Å². The van der Waals surface area contributed by atoms with E-state index in [0.717, 1.165) is 23.0 Å². The summed E-state index contributed by atoms with van der Waals surface area (Å²) in [5, 5.41) is 6.86. The summed E-state index contributed by atoms with van der Waals surface area (Å²) in [6.45, 7) is 5.23. The van der Waals surface area contributed by atoms with Crippen LogP contribution in [0.3, 0.4) is 0 Å². The van der Waals surface area contributed by atoms with E-state index in [1.54, 1.807) is 6.07 Å². The number of halogens is 1. The van der Waals surface area contributed by atoms with Gasteiger partial charge in [-0.2, -0.15) is 4.98 Å². The van der Waals surface area contributed by atoms with E-state index in [2.05, 4.69) is 15.6 Å². The molecule has 4 rings (SSSR count). The number of carbonyl (C=O) groups is 1. The maximum absolute atomic E-state index is 15.7. The number of ether oxygens (including phenoxy) is 2. The lowest BCUT2D eigenvalue weighted by Crippen LogP contribution is -2.33. The lowest BCUT2D eigenvalue weighted by atomic mass is 10.1. The normalized spacial score (nSPS) is 11.1. The van der Waals surface area contributed by atoms with Crippen molar-refractivity contribution in [2.45, 2.75) is 13.8 Å². The number of hydrogen-bond acceptors (Lipinski definition) is 8. The van der Waals surface area contributed by atoms with Gasteiger partial charge in [0, 0.05) is 62.0 Å². The van der Waals surface area contributed by atoms with Crippen LogP contribution in [-0.4, -0.2) is 73.3 Å². The minimum Gasteiger partial charge on any atom is -0.490 e. The van der Waals surface area contributed by atoms with E-state index < -0.39 is 5.82 Å². The molecule has 11 heteroatoms. The third kappa shape index (κ3) is 5.94. The van der Waals surface area contributed by atoms with Gasteiger partial charge in [0.2, 0.25) is 17.6 Å². The Kier molecular flexibility index (Phi) is 8.73. The van der Waals surface area contributed by atoms with E-state index in [1.165, 1.54) is 27.2 Å². The van der Waals surface area contributed by atoms with E-state index in [9.17, 15) is 4.79 Å². The number of aromatic nitrogens is 3. The van der Waals surface area contributed by atoms with E-state index in [4.69, 9.17) is 14.5 Å². The highest BCUT2D eigenvalue weighted by molar-refractivity contribution is 5.97. The molecule has 0 unspecified atom stereocenters. The quantitative estimate of drug-likeness (QED) is 0.273. The van der Waals surface area contributed by atoms with Crippen molar-refractivity contribution < 1.29 is 18.7 Å². The Hall–Kier alpha value is -4.38. The molecule has 0 radical (unpaired) electrons. The number of nitrogens with one attached hydrogen (secondary N) is 2. The van der Waals surface area contributed by atoms with Gasteiger partial charge in [-0.1, -0.05) is 18.2 Å². The van der Waals surface area contributed by atoms with Gasteiger partial charge < -0.3 is 34.5 Å². The monoisotopic (exact) mass is 549 g/mol. The first kappa shape index (κ1) is 28.6. The summed E-state index contributed by atoms with van der Waals surface area (Å²) in [4.78, 5) is 25.2. The summed E-state index contributed by atoms with van der Waals surface area (Å²) in [5.74, 6) is -0.0000495. The van der Waals surface area contributed by atoms with Crippen molar-refractivity contribution in [1.82, 2.24) is 19.4 Å². The largest absolute Gasteiger partial charge is 0.490 e. The molecule has 0 aliphatic heterocycles. The first-order valence-electron chi connectivity index (χ1n) is 13.0. The summed E-state index contributed by atoms with van der Waals surface area (Å²) >= 11 is 0. The molecule has 0 aliphatic carbocycles. The highest BCUT2D eigenvalue weighted by Crippen LogP contribution is 2.41. The lowest BCUT2D eigenvalue weighted by molar-refractivity contribution is -0.114. The highest BCUT2D eigenvalue weighted by atomic mass is 19.1. The fourth-order valence-corrected chi connectivity index (χ4v) is 4.68. The lowest BCUT2D eigenvalue weighted by Gasteiger charge is -2.28. The molecule has 2 aromatic carbocycles. The van der Waals surface area contributed by atoms with Crippen LogP contribution >= 0.6 is 0 Å². The molecule has 40 heavy (non-hydrogen) atoms. The number of amides is 1. The fraction of sp³-hybridized carbons (Fsp3) is 0.345. The molecule has 2 N–H and O–H groups in total. The van der Waals surface area contributed by atoms with Gasteiger partial charge >= 0.3 is 0 Å². The van der Waals surface area contributed by atoms with E-state index >= 15 is 4.39 Å². The smallest absolute Gasteiger partial charge is 0.262 e. The molecule has 0 saturated heterocycles. The second-order valence-electron chi connectivity index (χ2n) is 9.65. The van der Waals surface area contributed by atoms with Crippen molar-refractivity contribution in [2.24, 2.45) is 7.05 Å². The van der Waals surface area contributed by atoms with E-state index in [0.29, 0.717) is 41.6 Å². The number of carbonyl (C=O) groups excluding carboxylic acids is 1. The summed E-state index contributed by atoms with van der Waals surface area (Å²) < 4.78 is 28.9. The Morgan fingerprint density at radius 2 is 1.85 bits per heavy atom. The highest BCUT2D eigenvalue weighted by Gasteiger charge is 2.23. The maximum Gasteiger partial charge on any atom is 0.262 e. The third-order valence-corrected chi connectivity index (χ3v) is 6.53. The summed E-state index contributed by atoms with van der Waals surface area (Å²) in [7, 11) is 8.91. The van der Waals surface area contributed by atoms with Gasteiger partial charge in [0.1, 0.15) is 5.69 Å².